The quantitative estimate of drug-likeness (QED) is 0.601. The second-order valence-corrected chi connectivity index (χ2v) is 5.77. The minimum Gasteiger partial charge on any atom is -0.495 e. The van der Waals surface area contributed by atoms with Gasteiger partial charge in [-0.3, -0.25) is 14.9 Å². The molecule has 8 heteroatoms. The highest BCUT2D eigenvalue weighted by molar-refractivity contribution is 6.35. The van der Waals surface area contributed by atoms with Gasteiger partial charge < -0.3 is 10.1 Å². The van der Waals surface area contributed by atoms with Crippen molar-refractivity contribution in [1.82, 2.24) is 0 Å². The van der Waals surface area contributed by atoms with Gasteiger partial charge >= 0.3 is 0 Å². The van der Waals surface area contributed by atoms with E-state index in [0.717, 1.165) is 5.56 Å². The summed E-state index contributed by atoms with van der Waals surface area (Å²) >= 11 is 11.9. The van der Waals surface area contributed by atoms with Gasteiger partial charge in [-0.15, -0.1) is 0 Å². The summed E-state index contributed by atoms with van der Waals surface area (Å²) in [5.74, 6) is 0.0401. The number of hydrogen-bond donors (Lipinski definition) is 1. The van der Waals surface area contributed by atoms with E-state index < -0.39 is 4.92 Å². The van der Waals surface area contributed by atoms with Crippen molar-refractivity contribution in [3.05, 3.63) is 62.1 Å². The van der Waals surface area contributed by atoms with Crippen molar-refractivity contribution < 1.29 is 14.5 Å². The van der Waals surface area contributed by atoms with Gasteiger partial charge in [0.05, 0.1) is 17.7 Å². The maximum Gasteiger partial charge on any atom is 0.271 e. The Balaban J connectivity index is 2.06. The molecule has 6 nitrogen and oxygen atoms in total. The lowest BCUT2D eigenvalue weighted by atomic mass is 10.1. The summed E-state index contributed by atoms with van der Waals surface area (Å²) in [5.41, 5.74) is 0.910. The number of anilines is 1. The molecule has 126 valence electrons. The zero-order valence-electron chi connectivity index (χ0n) is 12.7. The monoisotopic (exact) mass is 368 g/mol. The van der Waals surface area contributed by atoms with Crippen molar-refractivity contribution in [1.29, 1.82) is 0 Å². The number of nitro groups is 1. The van der Waals surface area contributed by atoms with Crippen molar-refractivity contribution >= 4 is 40.5 Å². The number of aryl methyl sites for hydroxylation is 1. The van der Waals surface area contributed by atoms with Gasteiger partial charge in [-0.25, -0.2) is 0 Å². The molecule has 0 spiro atoms. The normalized spacial score (nSPS) is 10.3. The summed E-state index contributed by atoms with van der Waals surface area (Å²) in [4.78, 5) is 22.4. The summed E-state index contributed by atoms with van der Waals surface area (Å²) < 4.78 is 5.10. The van der Waals surface area contributed by atoms with E-state index in [1.165, 1.54) is 25.3 Å². The van der Waals surface area contributed by atoms with Crippen molar-refractivity contribution in [3.63, 3.8) is 0 Å². The number of nitrogens with one attached hydrogen (secondary N) is 1. The Hall–Kier alpha value is -2.31. The molecule has 0 aliphatic heterocycles. The lowest BCUT2D eigenvalue weighted by Crippen LogP contribution is -2.13. The molecule has 0 radical (unpaired) electrons. The number of carbonyl (C=O) groups excluding carboxylic acids is 1. The molecule has 0 unspecified atom stereocenters. The predicted octanol–water partition coefficient (Wildman–Crippen LogP) is 4.48. The van der Waals surface area contributed by atoms with Gasteiger partial charge in [0, 0.05) is 28.6 Å². The fourth-order valence-corrected chi connectivity index (χ4v) is 2.60. The molecular weight excluding hydrogens is 355 g/mol. The third kappa shape index (κ3) is 4.59. The molecule has 0 atom stereocenters. The molecule has 0 saturated heterocycles. The molecule has 2 aromatic carbocycles. The Labute approximate surface area is 148 Å². The molecule has 0 heterocycles. The fourth-order valence-electron chi connectivity index (χ4n) is 2.09. The van der Waals surface area contributed by atoms with Crippen LogP contribution in [0.2, 0.25) is 10.0 Å². The van der Waals surface area contributed by atoms with Crippen LogP contribution in [0.15, 0.2) is 36.4 Å². The van der Waals surface area contributed by atoms with E-state index in [2.05, 4.69) is 5.32 Å². The highest BCUT2D eigenvalue weighted by Gasteiger charge is 2.14. The zero-order valence-corrected chi connectivity index (χ0v) is 14.2. The number of benzene rings is 2. The maximum absolute atomic E-state index is 12.1. The Morgan fingerprint density at radius 3 is 2.62 bits per heavy atom. The van der Waals surface area contributed by atoms with Crippen LogP contribution in [0.4, 0.5) is 11.4 Å². The van der Waals surface area contributed by atoms with E-state index in [9.17, 15) is 14.9 Å². The van der Waals surface area contributed by atoms with E-state index in [4.69, 9.17) is 27.9 Å². The highest BCUT2D eigenvalue weighted by Crippen LogP contribution is 2.29. The molecule has 1 N–H and O–H groups in total. The SMILES string of the molecule is COc1ccc([N+](=O)[O-])cc1NC(=O)CCc1ccc(Cl)cc1Cl. The minimum atomic E-state index is -0.539. The van der Waals surface area contributed by atoms with Crippen molar-refractivity contribution in [2.45, 2.75) is 12.8 Å². The van der Waals surface area contributed by atoms with Crippen LogP contribution in [0.5, 0.6) is 5.75 Å². The Bertz CT molecular complexity index is 781. The molecule has 0 fully saturated rings. The predicted molar refractivity (Wildman–Crippen MR) is 93.1 cm³/mol. The first-order chi connectivity index (χ1) is 11.4. The fraction of sp³-hybridized carbons (Fsp3) is 0.188. The molecule has 1 amide bonds. The number of nitrogens with zero attached hydrogens (tertiary/aromatic N) is 1. The van der Waals surface area contributed by atoms with Gasteiger partial charge in [-0.1, -0.05) is 29.3 Å². The number of non-ortho nitro benzene ring substituents is 1. The van der Waals surface area contributed by atoms with E-state index in [0.29, 0.717) is 22.2 Å². The molecular formula is C16H14Cl2N2O4. The number of rotatable bonds is 6. The largest absolute Gasteiger partial charge is 0.495 e. The van der Waals surface area contributed by atoms with Gasteiger partial charge in [0.15, 0.2) is 0 Å². The average molecular weight is 369 g/mol. The number of ether oxygens (including phenoxy) is 1. The molecule has 0 aromatic heterocycles. The Kier molecular flexibility index (Phi) is 6.00. The Morgan fingerprint density at radius 2 is 2.00 bits per heavy atom. The number of methoxy groups -OCH3 is 1. The summed E-state index contributed by atoms with van der Waals surface area (Å²) in [6.07, 6.45) is 0.576. The van der Waals surface area contributed by atoms with Gasteiger partial charge in [0.1, 0.15) is 5.75 Å². The third-order valence-corrected chi connectivity index (χ3v) is 3.89. The maximum atomic E-state index is 12.1. The lowest BCUT2D eigenvalue weighted by molar-refractivity contribution is -0.384. The van der Waals surface area contributed by atoms with Crippen LogP contribution in [0.25, 0.3) is 0 Å². The summed E-state index contributed by atoms with van der Waals surface area (Å²) in [5, 5.41) is 14.5. The molecule has 0 aliphatic carbocycles. The number of hydrogen-bond acceptors (Lipinski definition) is 4. The second kappa shape index (κ2) is 7.99. The van der Waals surface area contributed by atoms with E-state index in [-0.39, 0.29) is 23.7 Å². The van der Waals surface area contributed by atoms with E-state index in [1.807, 2.05) is 0 Å². The average Bonchev–Trinajstić information content (AvgIpc) is 2.53. The van der Waals surface area contributed by atoms with Gasteiger partial charge in [-0.2, -0.15) is 0 Å². The van der Waals surface area contributed by atoms with E-state index >= 15 is 0 Å². The molecule has 0 bridgehead atoms. The first kappa shape index (κ1) is 18.0. The molecule has 24 heavy (non-hydrogen) atoms. The van der Waals surface area contributed by atoms with Crippen molar-refractivity contribution in [3.8, 4) is 5.75 Å². The van der Waals surface area contributed by atoms with Crippen LogP contribution >= 0.6 is 23.2 Å². The topological polar surface area (TPSA) is 81.5 Å². The summed E-state index contributed by atoms with van der Waals surface area (Å²) in [6, 6.07) is 9.06. The van der Waals surface area contributed by atoms with E-state index in [1.54, 1.807) is 18.2 Å². The molecule has 0 saturated carbocycles. The van der Waals surface area contributed by atoms with Crippen LogP contribution in [0.1, 0.15) is 12.0 Å². The van der Waals surface area contributed by atoms with Crippen LogP contribution in [0.3, 0.4) is 0 Å². The number of nitro benzene ring substituents is 1. The van der Waals surface area contributed by atoms with Gasteiger partial charge in [0.2, 0.25) is 5.91 Å². The molecule has 2 rings (SSSR count). The summed E-state index contributed by atoms with van der Waals surface area (Å²) in [6.45, 7) is 0. The zero-order chi connectivity index (χ0) is 17.7. The van der Waals surface area contributed by atoms with Crippen LogP contribution in [0, 0.1) is 10.1 Å². The molecule has 2 aromatic rings. The smallest absolute Gasteiger partial charge is 0.271 e. The van der Waals surface area contributed by atoms with Crippen molar-refractivity contribution in [2.75, 3.05) is 12.4 Å². The number of amides is 1. The lowest BCUT2D eigenvalue weighted by Gasteiger charge is -2.10. The second-order valence-electron chi connectivity index (χ2n) is 4.93. The van der Waals surface area contributed by atoms with Crippen LogP contribution in [-0.4, -0.2) is 17.9 Å². The Morgan fingerprint density at radius 1 is 1.25 bits per heavy atom. The first-order valence-corrected chi connectivity index (χ1v) is 7.72. The van der Waals surface area contributed by atoms with Crippen LogP contribution in [-0.2, 0) is 11.2 Å². The standard InChI is InChI=1S/C16H14Cl2N2O4/c1-24-15-6-5-12(20(22)23)9-14(15)19-16(21)7-3-10-2-4-11(17)8-13(10)18/h2,4-6,8-9H,3,7H2,1H3,(H,19,21). The van der Waals surface area contributed by atoms with Crippen molar-refractivity contribution in [2.24, 2.45) is 0 Å². The minimum absolute atomic E-state index is 0.133. The molecule has 0 aliphatic rings. The van der Waals surface area contributed by atoms with Crippen LogP contribution < -0.4 is 10.1 Å². The van der Waals surface area contributed by atoms with Gasteiger partial charge in [0.25, 0.3) is 5.69 Å². The summed E-state index contributed by atoms with van der Waals surface area (Å²) in [7, 11) is 1.42. The number of carbonyl (C=O) groups is 1. The number of halogens is 2. The highest BCUT2D eigenvalue weighted by atomic mass is 35.5. The first-order valence-electron chi connectivity index (χ1n) is 6.97. The van der Waals surface area contributed by atoms with Gasteiger partial charge in [-0.05, 0) is 30.2 Å². The third-order valence-electron chi connectivity index (χ3n) is 3.30.